The second kappa shape index (κ2) is 5.11. The van der Waals surface area contributed by atoms with Crippen molar-refractivity contribution in [3.8, 4) is 0 Å². The Kier molecular flexibility index (Phi) is 4.74. The van der Waals surface area contributed by atoms with Gasteiger partial charge in [0.1, 0.15) is 5.60 Å². The van der Waals surface area contributed by atoms with E-state index >= 15 is 0 Å². The molecule has 0 aliphatic carbocycles. The molecule has 0 N–H and O–H groups in total. The molecule has 0 rings (SSSR count). The predicted octanol–water partition coefficient (Wildman–Crippen LogP) is -1.30. The summed E-state index contributed by atoms with van der Waals surface area (Å²) < 4.78 is 5.19. The second-order valence-electron chi connectivity index (χ2n) is 4.05. The van der Waals surface area contributed by atoms with E-state index in [9.17, 15) is 19.8 Å². The fourth-order valence-electron chi connectivity index (χ4n) is 1.37. The van der Waals surface area contributed by atoms with Crippen LogP contribution in [0.3, 0.4) is 0 Å². The molecule has 0 amide bonds. The van der Waals surface area contributed by atoms with Gasteiger partial charge in [-0.05, 0) is 19.8 Å². The van der Waals surface area contributed by atoms with Crippen LogP contribution < -0.4 is 10.2 Å². The largest absolute Gasteiger partial charge is 0.550 e. The summed E-state index contributed by atoms with van der Waals surface area (Å²) in [5.74, 6) is -3.49. The van der Waals surface area contributed by atoms with Crippen LogP contribution in [0.4, 0.5) is 0 Å². The first-order chi connectivity index (χ1) is 6.72. The van der Waals surface area contributed by atoms with Gasteiger partial charge >= 0.3 is 0 Å². The summed E-state index contributed by atoms with van der Waals surface area (Å²) in [5, 5.41) is 21.5. The predicted molar refractivity (Wildman–Crippen MR) is 48.4 cm³/mol. The molecular formula is C10H16O5-2. The molecule has 0 aromatic heterocycles. The van der Waals surface area contributed by atoms with E-state index < -0.39 is 36.0 Å². The number of hydrogen-bond acceptors (Lipinski definition) is 5. The maximum Gasteiger partial charge on any atom is 0.115 e. The van der Waals surface area contributed by atoms with E-state index in [1.165, 1.54) is 0 Å². The summed E-state index contributed by atoms with van der Waals surface area (Å²) in [4.78, 5) is 21.5. The molecule has 0 saturated heterocycles. The minimum Gasteiger partial charge on any atom is -0.550 e. The first-order valence-corrected chi connectivity index (χ1v) is 4.81. The Morgan fingerprint density at radius 1 is 1.20 bits per heavy atom. The molecule has 88 valence electrons. The Bertz CT molecular complexity index is 246. The Labute approximate surface area is 89.0 Å². The normalized spacial score (nSPS) is 15.3. The van der Waals surface area contributed by atoms with Crippen molar-refractivity contribution in [1.82, 2.24) is 0 Å². The fourth-order valence-corrected chi connectivity index (χ4v) is 1.37. The van der Waals surface area contributed by atoms with Crippen molar-refractivity contribution in [3.63, 3.8) is 0 Å². The second-order valence-corrected chi connectivity index (χ2v) is 4.05. The first kappa shape index (κ1) is 13.9. The summed E-state index contributed by atoms with van der Waals surface area (Å²) in [7, 11) is 0. The van der Waals surface area contributed by atoms with E-state index in [2.05, 4.69) is 0 Å². The summed E-state index contributed by atoms with van der Waals surface area (Å²) in [5.41, 5.74) is -1.81. The van der Waals surface area contributed by atoms with E-state index in [1.807, 2.05) is 0 Å². The zero-order valence-corrected chi connectivity index (χ0v) is 9.40. The number of ether oxygens (including phenoxy) is 1. The number of carboxylic acids is 2. The third-order valence-electron chi connectivity index (χ3n) is 2.13. The lowest BCUT2D eigenvalue weighted by atomic mass is 9.86. The van der Waals surface area contributed by atoms with Gasteiger partial charge in [0.2, 0.25) is 0 Å². The van der Waals surface area contributed by atoms with Gasteiger partial charge in [-0.25, -0.2) is 0 Å². The smallest absolute Gasteiger partial charge is 0.115 e. The van der Waals surface area contributed by atoms with Gasteiger partial charge in [0.05, 0.1) is 12.1 Å². The van der Waals surface area contributed by atoms with Crippen LogP contribution in [0.15, 0.2) is 0 Å². The van der Waals surface area contributed by atoms with Gasteiger partial charge < -0.3 is 24.5 Å². The van der Waals surface area contributed by atoms with E-state index in [1.54, 1.807) is 27.7 Å². The highest BCUT2D eigenvalue weighted by atomic mass is 16.5. The molecule has 0 aromatic carbocycles. The SMILES string of the molecule is CC(C)O[C@@](CC(=O)[O-])(C(=O)[O-])C(C)C. The van der Waals surface area contributed by atoms with Crippen molar-refractivity contribution in [2.75, 3.05) is 0 Å². The van der Waals surface area contributed by atoms with Crippen LogP contribution >= 0.6 is 0 Å². The van der Waals surface area contributed by atoms with Gasteiger partial charge in [-0.1, -0.05) is 13.8 Å². The van der Waals surface area contributed by atoms with Gasteiger partial charge in [-0.15, -0.1) is 0 Å². The van der Waals surface area contributed by atoms with Crippen molar-refractivity contribution in [2.24, 2.45) is 5.92 Å². The lowest BCUT2D eigenvalue weighted by Gasteiger charge is -2.40. The van der Waals surface area contributed by atoms with E-state index in [0.717, 1.165) is 0 Å². The number of carbonyl (C=O) groups is 2. The van der Waals surface area contributed by atoms with Crippen LogP contribution in [0.2, 0.25) is 0 Å². The molecule has 0 bridgehead atoms. The van der Waals surface area contributed by atoms with Crippen LogP contribution in [0.25, 0.3) is 0 Å². The van der Waals surface area contributed by atoms with Gasteiger partial charge in [0.25, 0.3) is 0 Å². The minimum atomic E-state index is -1.81. The molecule has 0 unspecified atom stereocenters. The van der Waals surface area contributed by atoms with Crippen LogP contribution in [-0.2, 0) is 14.3 Å². The number of rotatable bonds is 6. The van der Waals surface area contributed by atoms with Crippen molar-refractivity contribution in [1.29, 1.82) is 0 Å². The van der Waals surface area contributed by atoms with Crippen LogP contribution in [0.5, 0.6) is 0 Å². The quantitative estimate of drug-likeness (QED) is 0.550. The number of aliphatic carboxylic acids is 2. The fraction of sp³-hybridized carbons (Fsp3) is 0.800. The molecule has 0 aromatic rings. The van der Waals surface area contributed by atoms with Gasteiger partial charge in [0.15, 0.2) is 0 Å². The molecule has 0 aliphatic heterocycles. The maximum atomic E-state index is 11.0. The minimum absolute atomic E-state index is 0.398. The third kappa shape index (κ3) is 3.51. The topological polar surface area (TPSA) is 89.5 Å². The maximum absolute atomic E-state index is 11.0. The molecule has 5 heteroatoms. The molecular weight excluding hydrogens is 200 g/mol. The van der Waals surface area contributed by atoms with E-state index in [-0.39, 0.29) is 0 Å². The highest BCUT2D eigenvalue weighted by molar-refractivity contribution is 5.82. The Hall–Kier alpha value is -1.10. The van der Waals surface area contributed by atoms with Crippen molar-refractivity contribution >= 4 is 11.9 Å². The number of carbonyl (C=O) groups excluding carboxylic acids is 2. The van der Waals surface area contributed by atoms with Gasteiger partial charge in [-0.2, -0.15) is 0 Å². The molecule has 0 fully saturated rings. The summed E-state index contributed by atoms with van der Waals surface area (Å²) in [6.45, 7) is 6.41. The molecule has 0 radical (unpaired) electrons. The Morgan fingerprint density at radius 2 is 1.67 bits per heavy atom. The summed E-state index contributed by atoms with van der Waals surface area (Å²) in [6.07, 6.45) is -1.10. The zero-order chi connectivity index (χ0) is 12.2. The van der Waals surface area contributed by atoms with Gasteiger partial charge in [-0.3, -0.25) is 0 Å². The summed E-state index contributed by atoms with van der Waals surface area (Å²) in [6, 6.07) is 0. The monoisotopic (exact) mass is 216 g/mol. The molecule has 0 spiro atoms. The lowest BCUT2D eigenvalue weighted by Crippen LogP contribution is -2.57. The van der Waals surface area contributed by atoms with Crippen molar-refractivity contribution < 1.29 is 24.5 Å². The average molecular weight is 216 g/mol. The van der Waals surface area contributed by atoms with Crippen molar-refractivity contribution in [3.05, 3.63) is 0 Å². The molecule has 0 aliphatic rings. The zero-order valence-electron chi connectivity index (χ0n) is 9.40. The number of hydrogen-bond donors (Lipinski definition) is 0. The van der Waals surface area contributed by atoms with Crippen molar-refractivity contribution in [2.45, 2.75) is 45.8 Å². The Balaban J connectivity index is 5.07. The van der Waals surface area contributed by atoms with Crippen LogP contribution in [0, 0.1) is 5.92 Å². The van der Waals surface area contributed by atoms with E-state index in [0.29, 0.717) is 0 Å². The van der Waals surface area contributed by atoms with Crippen LogP contribution in [0.1, 0.15) is 34.1 Å². The molecule has 1 atom stereocenters. The standard InChI is InChI=1S/C10H18O5/c1-6(2)10(9(13)14,5-8(11)12)15-7(3)4/h6-7H,5H2,1-4H3,(H,11,12)(H,13,14)/p-2/t10-/m1/s1. The molecule has 0 saturated carbocycles. The van der Waals surface area contributed by atoms with E-state index in [4.69, 9.17) is 4.74 Å². The Morgan fingerprint density at radius 3 is 1.87 bits per heavy atom. The summed E-state index contributed by atoms with van der Waals surface area (Å²) >= 11 is 0. The number of carboxylic acid groups (broad SMARTS) is 2. The van der Waals surface area contributed by atoms with Gasteiger partial charge in [0, 0.05) is 12.4 Å². The van der Waals surface area contributed by atoms with Crippen LogP contribution in [-0.4, -0.2) is 23.6 Å². The average Bonchev–Trinajstić information content (AvgIpc) is 1.99. The molecule has 0 heterocycles. The lowest BCUT2D eigenvalue weighted by molar-refractivity contribution is -0.342. The third-order valence-corrected chi connectivity index (χ3v) is 2.13. The highest BCUT2D eigenvalue weighted by Crippen LogP contribution is 2.27. The molecule has 5 nitrogen and oxygen atoms in total. The highest BCUT2D eigenvalue weighted by Gasteiger charge is 2.37. The first-order valence-electron chi connectivity index (χ1n) is 4.81. The molecule has 15 heavy (non-hydrogen) atoms.